The Balaban J connectivity index is 0.00000200. The molecule has 0 radical (unpaired) electrons. The second-order valence-corrected chi connectivity index (χ2v) is 4.11. The minimum Gasteiger partial charge on any atom is -0.492 e. The van der Waals surface area contributed by atoms with E-state index < -0.39 is 12.4 Å². The number of halogens is 3. The minimum atomic E-state index is -5.07. The number of para-hydroxylation sites is 1. The Kier molecular flexibility index (Phi) is 6.80. The van der Waals surface area contributed by atoms with Crippen molar-refractivity contribution in [2.45, 2.75) is 20.1 Å². The van der Waals surface area contributed by atoms with E-state index in [9.17, 15) is 12.9 Å². The van der Waals surface area contributed by atoms with Gasteiger partial charge in [0.2, 0.25) is 0 Å². The zero-order valence-electron chi connectivity index (χ0n) is 11.4. The summed E-state index contributed by atoms with van der Waals surface area (Å²) in [6.45, 7) is -2.35. The monoisotopic (exact) mass is 308 g/mol. The maximum absolute atomic E-state index is 12.8. The van der Waals surface area contributed by atoms with Crippen LogP contribution in [0.2, 0.25) is 0 Å². The molecule has 2 rings (SSSR count). The fourth-order valence-corrected chi connectivity index (χ4v) is 1.70. The van der Waals surface area contributed by atoms with Gasteiger partial charge in [-0.2, -0.15) is 5.10 Å². The fourth-order valence-electron chi connectivity index (χ4n) is 1.70. The molecule has 0 atom stereocenters. The molecule has 1 aromatic carbocycles. The molecule has 0 saturated heterocycles. The van der Waals surface area contributed by atoms with Gasteiger partial charge in [-0.05, 0) is 13.0 Å². The number of ether oxygens (including phenoxy) is 1. The molecule has 0 amide bonds. The van der Waals surface area contributed by atoms with Crippen molar-refractivity contribution in [3.8, 4) is 5.75 Å². The van der Waals surface area contributed by atoms with E-state index >= 15 is 0 Å². The third-order valence-corrected chi connectivity index (χ3v) is 2.68. The summed E-state index contributed by atoms with van der Waals surface area (Å²) in [6.07, 6.45) is 3.34. The Bertz CT molecular complexity index is 560. The molecular weight excluding hydrogens is 295 g/mol. The summed E-state index contributed by atoms with van der Waals surface area (Å²) in [5.41, 5.74) is 0.0386. The Morgan fingerprint density at radius 2 is 1.95 bits per heavy atom. The molecular formula is C12H13BF3KN2O. The standard InChI is InChI=1S/C12H13BF3N2O.K/c1-2-18-8-10(7-17-18)9-19-12-6-4-3-5-11(12)13(14,15)16;/h3-8H,2,9H2,1H3;/q-1;+1. The molecule has 8 heteroatoms. The summed E-state index contributed by atoms with van der Waals surface area (Å²) >= 11 is 0. The molecule has 102 valence electrons. The quantitative estimate of drug-likeness (QED) is 0.699. The van der Waals surface area contributed by atoms with Crippen molar-refractivity contribution in [2.24, 2.45) is 0 Å². The van der Waals surface area contributed by atoms with Crippen molar-refractivity contribution in [3.05, 3.63) is 42.2 Å². The Morgan fingerprint density at radius 1 is 1.25 bits per heavy atom. The van der Waals surface area contributed by atoms with Crippen LogP contribution in [0.1, 0.15) is 12.5 Å². The van der Waals surface area contributed by atoms with Gasteiger partial charge in [-0.15, -0.1) is 0 Å². The van der Waals surface area contributed by atoms with Crippen LogP contribution >= 0.6 is 0 Å². The maximum atomic E-state index is 12.8. The van der Waals surface area contributed by atoms with Gasteiger partial charge in [0.1, 0.15) is 6.61 Å². The molecule has 0 spiro atoms. The van der Waals surface area contributed by atoms with Crippen LogP contribution < -0.4 is 61.6 Å². The van der Waals surface area contributed by atoms with E-state index in [1.54, 1.807) is 17.1 Å². The molecule has 2 aromatic rings. The summed E-state index contributed by atoms with van der Waals surface area (Å²) in [5, 5.41) is 4.04. The molecule has 0 N–H and O–H groups in total. The van der Waals surface area contributed by atoms with Crippen molar-refractivity contribution < 1.29 is 69.1 Å². The summed E-state index contributed by atoms with van der Waals surface area (Å²) in [5.74, 6) is -0.140. The summed E-state index contributed by atoms with van der Waals surface area (Å²) < 4.78 is 45.3. The zero-order chi connectivity index (χ0) is 13.9. The normalized spacial score (nSPS) is 11.0. The van der Waals surface area contributed by atoms with Crippen molar-refractivity contribution in [3.63, 3.8) is 0 Å². The van der Waals surface area contributed by atoms with E-state index in [1.807, 2.05) is 6.92 Å². The third-order valence-electron chi connectivity index (χ3n) is 2.68. The van der Waals surface area contributed by atoms with Crippen LogP contribution in [0.25, 0.3) is 0 Å². The van der Waals surface area contributed by atoms with Crippen molar-refractivity contribution in [2.75, 3.05) is 0 Å². The maximum Gasteiger partial charge on any atom is 1.00 e. The van der Waals surface area contributed by atoms with Gasteiger partial charge < -0.3 is 17.7 Å². The number of rotatable bonds is 5. The molecule has 1 aromatic heterocycles. The van der Waals surface area contributed by atoms with E-state index in [0.717, 1.165) is 11.6 Å². The molecule has 1 heterocycles. The Hall–Kier alpha value is -0.279. The predicted molar refractivity (Wildman–Crippen MR) is 67.4 cm³/mol. The molecule has 3 nitrogen and oxygen atoms in total. The fraction of sp³-hybridized carbons (Fsp3) is 0.250. The number of aromatic nitrogens is 2. The van der Waals surface area contributed by atoms with Gasteiger partial charge in [0, 0.05) is 18.3 Å². The first-order chi connectivity index (χ1) is 9.00. The van der Waals surface area contributed by atoms with Gasteiger partial charge in [-0.3, -0.25) is 4.68 Å². The predicted octanol–water partition coefficient (Wildman–Crippen LogP) is -0.460. The van der Waals surface area contributed by atoms with E-state index in [1.165, 1.54) is 18.2 Å². The first-order valence-electron chi connectivity index (χ1n) is 5.93. The van der Waals surface area contributed by atoms with Crippen LogP contribution in [0.4, 0.5) is 12.9 Å². The molecule has 0 aliphatic rings. The average molecular weight is 308 g/mol. The summed E-state index contributed by atoms with van der Waals surface area (Å²) in [7, 11) is 0. The topological polar surface area (TPSA) is 27.1 Å². The molecule has 0 fully saturated rings. The molecule has 0 bridgehead atoms. The van der Waals surface area contributed by atoms with Gasteiger partial charge in [0.05, 0.1) is 11.9 Å². The van der Waals surface area contributed by atoms with Crippen molar-refractivity contribution in [1.29, 1.82) is 0 Å². The average Bonchev–Trinajstić information content (AvgIpc) is 2.83. The Morgan fingerprint density at radius 3 is 2.55 bits per heavy atom. The summed E-state index contributed by atoms with van der Waals surface area (Å²) in [6, 6.07) is 5.24. The number of hydrogen-bond donors (Lipinski definition) is 0. The number of nitrogens with zero attached hydrogens (tertiary/aromatic N) is 2. The Labute approximate surface area is 158 Å². The summed E-state index contributed by atoms with van der Waals surface area (Å²) in [4.78, 5) is 0. The minimum absolute atomic E-state index is 0. The van der Waals surface area contributed by atoms with E-state index in [0.29, 0.717) is 6.54 Å². The third kappa shape index (κ3) is 4.63. The van der Waals surface area contributed by atoms with Crippen LogP contribution in [0, 0.1) is 0 Å². The van der Waals surface area contributed by atoms with Crippen molar-refractivity contribution >= 4 is 12.4 Å². The number of hydrogen-bond acceptors (Lipinski definition) is 2. The van der Waals surface area contributed by atoms with Gasteiger partial charge in [0.15, 0.2) is 0 Å². The van der Waals surface area contributed by atoms with Gasteiger partial charge in [-0.25, -0.2) is 0 Å². The SMILES string of the molecule is CCn1cc(COc2ccccc2[B-](F)(F)F)cn1.[K+]. The van der Waals surface area contributed by atoms with Gasteiger partial charge in [-0.1, -0.05) is 23.7 Å². The zero-order valence-corrected chi connectivity index (χ0v) is 14.5. The van der Waals surface area contributed by atoms with Crippen LogP contribution in [-0.2, 0) is 13.2 Å². The van der Waals surface area contributed by atoms with Crippen LogP contribution in [0.15, 0.2) is 36.7 Å². The molecule has 0 unspecified atom stereocenters. The van der Waals surface area contributed by atoms with Gasteiger partial charge >= 0.3 is 58.4 Å². The van der Waals surface area contributed by atoms with Crippen LogP contribution in [-0.4, -0.2) is 16.8 Å². The molecule has 0 aliphatic carbocycles. The van der Waals surface area contributed by atoms with E-state index in [-0.39, 0.29) is 63.7 Å². The second kappa shape index (κ2) is 7.65. The van der Waals surface area contributed by atoms with Crippen molar-refractivity contribution in [1.82, 2.24) is 9.78 Å². The smallest absolute Gasteiger partial charge is 0.492 e. The first-order valence-corrected chi connectivity index (χ1v) is 5.93. The molecule has 0 aliphatic heterocycles. The number of aryl methyl sites for hydroxylation is 1. The second-order valence-electron chi connectivity index (χ2n) is 4.11. The van der Waals surface area contributed by atoms with Crippen LogP contribution in [0.3, 0.4) is 0 Å². The molecule has 20 heavy (non-hydrogen) atoms. The van der Waals surface area contributed by atoms with Gasteiger partial charge in [0.25, 0.3) is 0 Å². The largest absolute Gasteiger partial charge is 1.00 e. The van der Waals surface area contributed by atoms with E-state index in [4.69, 9.17) is 4.74 Å². The van der Waals surface area contributed by atoms with Crippen LogP contribution in [0.5, 0.6) is 5.75 Å². The molecule has 0 saturated carbocycles. The van der Waals surface area contributed by atoms with E-state index in [2.05, 4.69) is 5.10 Å². The first kappa shape index (κ1) is 17.8. The number of benzene rings is 1.